The van der Waals surface area contributed by atoms with E-state index >= 15 is 0 Å². The van der Waals surface area contributed by atoms with Crippen LogP contribution in [0.25, 0.3) is 0 Å². The summed E-state index contributed by atoms with van der Waals surface area (Å²) < 4.78 is 2.10. The molecule has 1 aliphatic rings. The van der Waals surface area contributed by atoms with E-state index in [-0.39, 0.29) is 0 Å². The van der Waals surface area contributed by atoms with E-state index in [1.54, 1.807) is 0 Å². The Hall–Kier alpha value is 0.0500. The maximum Gasteiger partial charge on any atom is 0.0268 e. The van der Waals surface area contributed by atoms with Gasteiger partial charge in [-0.1, -0.05) is 31.7 Å². The molecule has 0 saturated heterocycles. The third-order valence-corrected chi connectivity index (χ3v) is 2.55. The summed E-state index contributed by atoms with van der Waals surface area (Å²) in [7, 11) is 0. The van der Waals surface area contributed by atoms with Crippen molar-refractivity contribution >= 4 is 12.8 Å². The van der Waals surface area contributed by atoms with Crippen LogP contribution in [0.15, 0.2) is 12.7 Å². The Balaban J connectivity index is 2.24. The van der Waals surface area contributed by atoms with Gasteiger partial charge in [0.2, 0.25) is 0 Å². The topological polar surface area (TPSA) is 3.24 Å². The van der Waals surface area contributed by atoms with Gasteiger partial charge in [-0.2, -0.15) is 0 Å². The molecule has 0 amide bonds. The lowest BCUT2D eigenvalue weighted by Gasteiger charge is -2.20. The van der Waals surface area contributed by atoms with Crippen LogP contribution in [-0.4, -0.2) is 16.9 Å². The zero-order valence-electron chi connectivity index (χ0n) is 6.29. The zero-order valence-corrected chi connectivity index (χ0v) is 7.19. The third-order valence-electron chi connectivity index (χ3n) is 2.06. The van der Waals surface area contributed by atoms with Crippen LogP contribution in [0, 0.1) is 0 Å². The van der Waals surface area contributed by atoms with Gasteiger partial charge in [0, 0.05) is 12.6 Å². The summed E-state index contributed by atoms with van der Waals surface area (Å²) in [6.07, 6.45) is 7.29. The molecule has 0 aromatic rings. The average molecular weight is 157 g/mol. The van der Waals surface area contributed by atoms with E-state index in [1.165, 1.54) is 25.7 Å². The molecule has 0 aromatic carbocycles. The van der Waals surface area contributed by atoms with Gasteiger partial charge in [-0.25, -0.2) is 4.31 Å². The van der Waals surface area contributed by atoms with Gasteiger partial charge in [0.25, 0.3) is 0 Å². The predicted molar refractivity (Wildman–Crippen MR) is 48.1 cm³/mol. The van der Waals surface area contributed by atoms with E-state index in [9.17, 15) is 0 Å². The molecular weight excluding hydrogens is 142 g/mol. The standard InChI is InChI=1S/C8H15NS/c1-2-7-9(10)8-5-3-4-6-8/h2,8,10H,1,3-7H2. The van der Waals surface area contributed by atoms with Crippen LogP contribution in [0.5, 0.6) is 0 Å². The molecule has 0 N–H and O–H groups in total. The minimum Gasteiger partial charge on any atom is -0.246 e. The van der Waals surface area contributed by atoms with Crippen LogP contribution in [0.4, 0.5) is 0 Å². The molecular formula is C8H15NS. The highest BCUT2D eigenvalue weighted by Crippen LogP contribution is 2.24. The number of hydrogen-bond acceptors (Lipinski definition) is 2. The molecule has 0 atom stereocenters. The van der Waals surface area contributed by atoms with Crippen LogP contribution in [0.2, 0.25) is 0 Å². The predicted octanol–water partition coefficient (Wildman–Crippen LogP) is 2.26. The second kappa shape index (κ2) is 4.04. The highest BCUT2D eigenvalue weighted by molar-refractivity contribution is 7.77. The van der Waals surface area contributed by atoms with Crippen LogP contribution < -0.4 is 0 Å². The van der Waals surface area contributed by atoms with Gasteiger partial charge in [-0.15, -0.1) is 6.58 Å². The first-order chi connectivity index (χ1) is 4.84. The molecule has 0 unspecified atom stereocenters. The first-order valence-corrected chi connectivity index (χ1v) is 4.31. The van der Waals surface area contributed by atoms with Crippen molar-refractivity contribution in [2.45, 2.75) is 31.7 Å². The molecule has 1 nitrogen and oxygen atoms in total. The number of nitrogens with zero attached hydrogens (tertiary/aromatic N) is 1. The molecule has 0 radical (unpaired) electrons. The Morgan fingerprint density at radius 2 is 2.10 bits per heavy atom. The molecule has 1 aliphatic carbocycles. The van der Waals surface area contributed by atoms with Crippen molar-refractivity contribution in [3.8, 4) is 0 Å². The summed E-state index contributed by atoms with van der Waals surface area (Å²) in [6.45, 7) is 4.59. The smallest absolute Gasteiger partial charge is 0.0268 e. The Morgan fingerprint density at radius 1 is 1.50 bits per heavy atom. The summed E-state index contributed by atoms with van der Waals surface area (Å²) >= 11 is 4.37. The van der Waals surface area contributed by atoms with Crippen molar-refractivity contribution in [3.05, 3.63) is 12.7 Å². The Labute approximate surface area is 68.6 Å². The second-order valence-electron chi connectivity index (χ2n) is 2.85. The van der Waals surface area contributed by atoms with Crippen LogP contribution in [-0.2, 0) is 0 Å². The quantitative estimate of drug-likeness (QED) is 0.486. The van der Waals surface area contributed by atoms with Gasteiger partial charge >= 0.3 is 0 Å². The first-order valence-electron chi connectivity index (χ1n) is 3.91. The van der Waals surface area contributed by atoms with Gasteiger partial charge in [0.1, 0.15) is 0 Å². The number of rotatable bonds is 3. The molecule has 0 heterocycles. The molecule has 1 rings (SSSR count). The lowest BCUT2D eigenvalue weighted by atomic mass is 10.2. The van der Waals surface area contributed by atoms with Gasteiger partial charge in [-0.3, -0.25) is 0 Å². The summed E-state index contributed by atoms with van der Waals surface area (Å²) in [5.74, 6) is 0. The van der Waals surface area contributed by atoms with E-state index in [4.69, 9.17) is 0 Å². The first kappa shape index (κ1) is 8.15. The van der Waals surface area contributed by atoms with Crippen molar-refractivity contribution in [2.75, 3.05) is 6.54 Å². The van der Waals surface area contributed by atoms with Crippen LogP contribution in [0.3, 0.4) is 0 Å². The van der Waals surface area contributed by atoms with Gasteiger partial charge < -0.3 is 0 Å². The molecule has 10 heavy (non-hydrogen) atoms. The Morgan fingerprint density at radius 3 is 2.60 bits per heavy atom. The largest absolute Gasteiger partial charge is 0.246 e. The maximum atomic E-state index is 4.37. The average Bonchev–Trinajstić information content (AvgIpc) is 2.38. The molecule has 0 aromatic heterocycles. The van der Waals surface area contributed by atoms with E-state index in [1.807, 2.05) is 6.08 Å². The molecule has 1 fully saturated rings. The highest BCUT2D eigenvalue weighted by Gasteiger charge is 2.18. The second-order valence-corrected chi connectivity index (χ2v) is 3.36. The van der Waals surface area contributed by atoms with E-state index in [2.05, 4.69) is 23.7 Å². The van der Waals surface area contributed by atoms with Crippen molar-refractivity contribution in [1.29, 1.82) is 0 Å². The van der Waals surface area contributed by atoms with Gasteiger partial charge in [0.15, 0.2) is 0 Å². The summed E-state index contributed by atoms with van der Waals surface area (Å²) in [5.41, 5.74) is 0. The minimum atomic E-state index is 0.710. The van der Waals surface area contributed by atoms with E-state index < -0.39 is 0 Å². The van der Waals surface area contributed by atoms with Crippen LogP contribution in [0.1, 0.15) is 25.7 Å². The van der Waals surface area contributed by atoms with Crippen molar-refractivity contribution < 1.29 is 0 Å². The summed E-state index contributed by atoms with van der Waals surface area (Å²) in [6, 6.07) is 0.710. The minimum absolute atomic E-state index is 0.710. The Bertz CT molecular complexity index is 108. The van der Waals surface area contributed by atoms with Crippen molar-refractivity contribution in [2.24, 2.45) is 0 Å². The summed E-state index contributed by atoms with van der Waals surface area (Å²) in [5, 5.41) is 0. The lowest BCUT2D eigenvalue weighted by Crippen LogP contribution is -2.23. The summed E-state index contributed by atoms with van der Waals surface area (Å²) in [4.78, 5) is 0. The zero-order chi connectivity index (χ0) is 7.40. The molecule has 0 bridgehead atoms. The fourth-order valence-corrected chi connectivity index (χ4v) is 1.83. The highest BCUT2D eigenvalue weighted by atomic mass is 32.1. The normalized spacial score (nSPS) is 20.2. The van der Waals surface area contributed by atoms with Crippen molar-refractivity contribution in [3.63, 3.8) is 0 Å². The maximum absolute atomic E-state index is 4.37. The monoisotopic (exact) mass is 157 g/mol. The fourth-order valence-electron chi connectivity index (χ4n) is 1.48. The third kappa shape index (κ3) is 2.03. The molecule has 2 heteroatoms. The SMILES string of the molecule is C=CCN(S)C1CCCC1. The van der Waals surface area contributed by atoms with Crippen LogP contribution >= 0.6 is 12.8 Å². The van der Waals surface area contributed by atoms with E-state index in [0.29, 0.717) is 6.04 Å². The number of hydrogen-bond donors (Lipinski definition) is 1. The molecule has 0 aliphatic heterocycles. The van der Waals surface area contributed by atoms with Gasteiger partial charge in [0.05, 0.1) is 0 Å². The lowest BCUT2D eigenvalue weighted by molar-refractivity contribution is 0.391. The molecule has 58 valence electrons. The molecule has 0 spiro atoms. The van der Waals surface area contributed by atoms with E-state index in [0.717, 1.165) is 6.54 Å². The van der Waals surface area contributed by atoms with Crippen molar-refractivity contribution in [1.82, 2.24) is 4.31 Å². The van der Waals surface area contributed by atoms with Gasteiger partial charge in [-0.05, 0) is 12.8 Å². The number of thiol groups is 1. The molecule has 1 saturated carbocycles. The Kier molecular flexibility index (Phi) is 3.29. The fraction of sp³-hybridized carbons (Fsp3) is 0.750.